The molecule has 0 saturated carbocycles. The van der Waals surface area contributed by atoms with Crippen LogP contribution >= 0.6 is 0 Å². The Hall–Kier alpha value is -3.49. The topological polar surface area (TPSA) is 150 Å². The number of nitrogens with one attached hydrogen (secondary N) is 2. The van der Waals surface area contributed by atoms with Gasteiger partial charge in [0.05, 0.1) is 24.8 Å². The molecule has 1 aromatic heterocycles. The molecule has 0 bridgehead atoms. The van der Waals surface area contributed by atoms with E-state index in [2.05, 4.69) is 16.7 Å². The number of hydrogen-bond acceptors (Lipinski definition) is 8. The number of carbonyl (C=O) groups is 1. The lowest BCUT2D eigenvalue weighted by Crippen LogP contribution is -2.46. The van der Waals surface area contributed by atoms with Gasteiger partial charge >= 0.3 is 5.76 Å². The maximum absolute atomic E-state index is 12.6. The largest absolute Gasteiger partial charge is 0.419 e. The number of β-amino-alcohol motifs (C(OH)–C–C–N with tert-alkyl or cyclic N) is 1. The zero-order chi connectivity index (χ0) is 24.3. The number of hydrogen-bond donors (Lipinski definition) is 4. The first-order chi connectivity index (χ1) is 16.3. The number of rotatable bonds is 6. The summed E-state index contributed by atoms with van der Waals surface area (Å²) >= 11 is 0. The molecule has 0 aliphatic carbocycles. The second-order valence-electron chi connectivity index (χ2n) is 8.51. The molecule has 2 unspecified atom stereocenters. The zero-order valence-corrected chi connectivity index (χ0v) is 18.7. The molecule has 1 aliphatic rings. The van der Waals surface area contributed by atoms with E-state index < -0.39 is 36.0 Å². The smallest absolute Gasteiger partial charge is 0.408 e. The van der Waals surface area contributed by atoms with Crippen LogP contribution in [0.4, 0.5) is 0 Å². The third-order valence-corrected chi connectivity index (χ3v) is 5.91. The molecule has 1 aliphatic heterocycles. The van der Waals surface area contributed by atoms with Crippen molar-refractivity contribution in [3.8, 4) is 17.2 Å². The summed E-state index contributed by atoms with van der Waals surface area (Å²) in [5.41, 5.74) is 2.50. The number of aryl methyl sites for hydroxylation is 1. The molecule has 2 aromatic carbocycles. The monoisotopic (exact) mass is 466 g/mol. The van der Waals surface area contributed by atoms with Gasteiger partial charge in [0, 0.05) is 26.6 Å². The van der Waals surface area contributed by atoms with Crippen molar-refractivity contribution in [1.29, 1.82) is 5.26 Å². The molecule has 178 valence electrons. The minimum atomic E-state index is -1.44. The van der Waals surface area contributed by atoms with Gasteiger partial charge in [-0.25, -0.2) is 4.79 Å². The molecular formula is C24H26N4O6. The minimum absolute atomic E-state index is 0.102. The molecule has 10 nitrogen and oxygen atoms in total. The first-order valence-corrected chi connectivity index (χ1v) is 10.9. The Labute approximate surface area is 195 Å². The Morgan fingerprint density at radius 3 is 2.76 bits per heavy atom. The van der Waals surface area contributed by atoms with E-state index in [1.165, 1.54) is 4.57 Å². The SMILES string of the molecule is Cn1c(=O)oc2ccc(-c3ccc(C[C@@H](C#N)NC(=O)C4CNCC(O)(CO)CO4)cc3)cc21. The molecule has 1 amide bonds. The molecule has 34 heavy (non-hydrogen) atoms. The minimum Gasteiger partial charge on any atom is -0.408 e. The van der Waals surface area contributed by atoms with Crippen LogP contribution in [-0.2, 0) is 23.0 Å². The lowest BCUT2D eigenvalue weighted by atomic mass is 10.0. The predicted molar refractivity (Wildman–Crippen MR) is 123 cm³/mol. The van der Waals surface area contributed by atoms with Gasteiger partial charge in [0.2, 0.25) is 0 Å². The number of benzene rings is 2. The van der Waals surface area contributed by atoms with E-state index in [0.717, 1.165) is 16.7 Å². The summed E-state index contributed by atoms with van der Waals surface area (Å²) in [4.78, 5) is 24.3. The standard InChI is InChI=1S/C24H26N4O6/c1-28-19-9-17(6-7-20(19)34-23(28)31)16-4-2-15(3-5-16)8-18(10-25)27-22(30)21-11-26-12-24(32,13-29)14-33-21/h2-7,9,18,21,26,29,32H,8,11-14H2,1H3,(H,27,30)/t18-,21?,24?/m0/s1. The van der Waals surface area contributed by atoms with E-state index in [-0.39, 0.29) is 19.7 Å². The van der Waals surface area contributed by atoms with Crippen molar-refractivity contribution >= 4 is 17.0 Å². The molecule has 0 radical (unpaired) electrons. The Morgan fingerprint density at radius 1 is 1.32 bits per heavy atom. The van der Waals surface area contributed by atoms with Gasteiger partial charge in [-0.1, -0.05) is 30.3 Å². The first kappa shape index (κ1) is 23.7. The molecule has 3 atom stereocenters. The Balaban J connectivity index is 1.40. The quantitative estimate of drug-likeness (QED) is 0.398. The number of aromatic nitrogens is 1. The Kier molecular flexibility index (Phi) is 6.81. The summed E-state index contributed by atoms with van der Waals surface area (Å²) in [6.45, 7) is -0.413. The third kappa shape index (κ3) is 5.03. The fourth-order valence-corrected chi connectivity index (χ4v) is 3.84. The molecule has 0 spiro atoms. The number of nitrogens with zero attached hydrogens (tertiary/aromatic N) is 2. The van der Waals surface area contributed by atoms with E-state index in [4.69, 9.17) is 9.15 Å². The van der Waals surface area contributed by atoms with Gasteiger partial charge in [-0.05, 0) is 28.8 Å². The van der Waals surface area contributed by atoms with Crippen LogP contribution in [0.1, 0.15) is 5.56 Å². The van der Waals surface area contributed by atoms with Crippen LogP contribution in [0.25, 0.3) is 22.2 Å². The number of carbonyl (C=O) groups excluding carboxylic acids is 1. The summed E-state index contributed by atoms with van der Waals surface area (Å²) in [6, 6.07) is 14.4. The number of ether oxygens (including phenoxy) is 1. The average molecular weight is 466 g/mol. The second-order valence-corrected chi connectivity index (χ2v) is 8.51. The van der Waals surface area contributed by atoms with Crippen LogP contribution in [0.2, 0.25) is 0 Å². The molecule has 4 rings (SSSR count). The molecule has 2 heterocycles. The highest BCUT2D eigenvalue weighted by Crippen LogP contribution is 2.24. The highest BCUT2D eigenvalue weighted by Gasteiger charge is 2.33. The number of aliphatic hydroxyl groups is 2. The second kappa shape index (κ2) is 9.79. The van der Waals surface area contributed by atoms with Crippen molar-refractivity contribution in [2.45, 2.75) is 24.2 Å². The highest BCUT2D eigenvalue weighted by molar-refractivity contribution is 5.82. The maximum Gasteiger partial charge on any atom is 0.419 e. The summed E-state index contributed by atoms with van der Waals surface area (Å²) in [7, 11) is 1.65. The predicted octanol–water partition coefficient (Wildman–Crippen LogP) is 0.0612. The van der Waals surface area contributed by atoms with Crippen molar-refractivity contribution in [2.24, 2.45) is 7.05 Å². The highest BCUT2D eigenvalue weighted by atomic mass is 16.5. The number of amides is 1. The molecular weight excluding hydrogens is 440 g/mol. The Morgan fingerprint density at radius 2 is 2.06 bits per heavy atom. The number of oxazole rings is 1. The fourth-order valence-electron chi connectivity index (χ4n) is 3.84. The summed E-state index contributed by atoms with van der Waals surface area (Å²) < 4.78 is 12.1. The zero-order valence-electron chi connectivity index (χ0n) is 18.7. The van der Waals surface area contributed by atoms with Gasteiger partial charge in [-0.2, -0.15) is 5.26 Å². The maximum atomic E-state index is 12.6. The van der Waals surface area contributed by atoms with Crippen LogP contribution in [0.5, 0.6) is 0 Å². The van der Waals surface area contributed by atoms with Gasteiger partial charge in [0.1, 0.15) is 17.7 Å². The summed E-state index contributed by atoms with van der Waals surface area (Å²) in [5, 5.41) is 34.5. The molecule has 1 fully saturated rings. The van der Waals surface area contributed by atoms with E-state index in [9.17, 15) is 25.1 Å². The molecule has 3 aromatic rings. The van der Waals surface area contributed by atoms with E-state index in [1.54, 1.807) is 13.1 Å². The van der Waals surface area contributed by atoms with Crippen LogP contribution in [-0.4, -0.2) is 64.7 Å². The summed E-state index contributed by atoms with van der Waals surface area (Å²) in [6.07, 6.45) is -0.578. The molecule has 1 saturated heterocycles. The van der Waals surface area contributed by atoms with Gasteiger partial charge in [0.15, 0.2) is 5.58 Å². The number of fused-ring (bicyclic) bond motifs is 1. The van der Waals surface area contributed by atoms with Crippen LogP contribution in [0.3, 0.4) is 0 Å². The van der Waals surface area contributed by atoms with Gasteiger partial charge in [-0.3, -0.25) is 9.36 Å². The van der Waals surface area contributed by atoms with E-state index >= 15 is 0 Å². The van der Waals surface area contributed by atoms with Crippen molar-refractivity contribution in [3.63, 3.8) is 0 Å². The van der Waals surface area contributed by atoms with Crippen molar-refractivity contribution in [1.82, 2.24) is 15.2 Å². The molecule has 4 N–H and O–H groups in total. The van der Waals surface area contributed by atoms with E-state index in [1.807, 2.05) is 36.4 Å². The van der Waals surface area contributed by atoms with Gasteiger partial charge in [0.25, 0.3) is 5.91 Å². The Bertz CT molecular complexity index is 1280. The lowest BCUT2D eigenvalue weighted by Gasteiger charge is -2.23. The van der Waals surface area contributed by atoms with Gasteiger partial charge < -0.3 is 30.0 Å². The third-order valence-electron chi connectivity index (χ3n) is 5.91. The fraction of sp³-hybridized carbons (Fsp3) is 0.375. The van der Waals surface area contributed by atoms with Crippen molar-refractivity contribution in [3.05, 3.63) is 58.6 Å². The van der Waals surface area contributed by atoms with Gasteiger partial charge in [-0.15, -0.1) is 0 Å². The van der Waals surface area contributed by atoms with Crippen molar-refractivity contribution in [2.75, 3.05) is 26.3 Å². The van der Waals surface area contributed by atoms with Crippen LogP contribution in [0.15, 0.2) is 51.7 Å². The lowest BCUT2D eigenvalue weighted by molar-refractivity contribution is -0.137. The van der Waals surface area contributed by atoms with Crippen LogP contribution < -0.4 is 16.4 Å². The van der Waals surface area contributed by atoms with Crippen molar-refractivity contribution < 1.29 is 24.2 Å². The number of nitriles is 1. The van der Waals surface area contributed by atoms with Crippen LogP contribution in [0, 0.1) is 11.3 Å². The molecule has 10 heteroatoms. The summed E-state index contributed by atoms with van der Waals surface area (Å²) in [5.74, 6) is -0.877. The normalized spacial score (nSPS) is 21.5. The number of aliphatic hydroxyl groups excluding tert-OH is 1. The van der Waals surface area contributed by atoms with E-state index in [0.29, 0.717) is 17.5 Å². The first-order valence-electron chi connectivity index (χ1n) is 10.9. The average Bonchev–Trinajstić information content (AvgIpc) is 3.00.